The van der Waals surface area contributed by atoms with Crippen LogP contribution in [0.25, 0.3) is 0 Å². The monoisotopic (exact) mass is 336 g/mol. The fraction of sp³-hybridized carbons (Fsp3) is 0.143. The van der Waals surface area contributed by atoms with E-state index in [4.69, 9.17) is 9.47 Å². The highest BCUT2D eigenvalue weighted by atomic mass is 16.5. The largest absolute Gasteiger partial charge is 0.508 e. The molecule has 3 aromatic rings. The van der Waals surface area contributed by atoms with Gasteiger partial charge in [-0.05, 0) is 80.4 Å². The SMILES string of the molecule is Cc1cc(Oc2cccc(Oc3ccc(O)c(C)c3)c2C)ccc1O. The molecule has 0 aliphatic heterocycles. The van der Waals surface area contributed by atoms with Crippen molar-refractivity contribution in [2.75, 3.05) is 0 Å². The number of aromatic hydroxyl groups is 2. The Labute approximate surface area is 146 Å². The van der Waals surface area contributed by atoms with Crippen LogP contribution >= 0.6 is 0 Å². The highest BCUT2D eigenvalue weighted by Crippen LogP contribution is 2.35. The van der Waals surface area contributed by atoms with Crippen molar-refractivity contribution in [3.05, 3.63) is 71.3 Å². The molecule has 0 radical (unpaired) electrons. The Hall–Kier alpha value is -3.14. The molecule has 2 N–H and O–H groups in total. The van der Waals surface area contributed by atoms with Crippen LogP contribution in [0, 0.1) is 20.8 Å². The van der Waals surface area contributed by atoms with E-state index in [0.29, 0.717) is 23.0 Å². The van der Waals surface area contributed by atoms with E-state index in [1.807, 2.05) is 39.0 Å². The Morgan fingerprint density at radius 3 is 1.48 bits per heavy atom. The third-order valence-electron chi connectivity index (χ3n) is 4.03. The maximum Gasteiger partial charge on any atom is 0.134 e. The zero-order valence-electron chi connectivity index (χ0n) is 14.4. The molecule has 0 atom stereocenters. The van der Waals surface area contributed by atoms with E-state index >= 15 is 0 Å². The predicted octanol–water partition coefficient (Wildman–Crippen LogP) is 5.61. The minimum absolute atomic E-state index is 0.240. The Morgan fingerprint density at radius 2 is 1.08 bits per heavy atom. The molecule has 0 bridgehead atoms. The number of phenolic OH excluding ortho intramolecular Hbond substituents is 2. The van der Waals surface area contributed by atoms with E-state index in [1.54, 1.807) is 36.4 Å². The summed E-state index contributed by atoms with van der Waals surface area (Å²) >= 11 is 0. The zero-order chi connectivity index (χ0) is 18.0. The van der Waals surface area contributed by atoms with Crippen LogP contribution in [0.5, 0.6) is 34.5 Å². The fourth-order valence-corrected chi connectivity index (χ4v) is 2.45. The molecule has 3 aromatic carbocycles. The molecule has 0 aromatic heterocycles. The third kappa shape index (κ3) is 3.69. The summed E-state index contributed by atoms with van der Waals surface area (Å²) in [4.78, 5) is 0. The summed E-state index contributed by atoms with van der Waals surface area (Å²) in [6.45, 7) is 5.56. The molecule has 25 heavy (non-hydrogen) atoms. The second-order valence-electron chi connectivity index (χ2n) is 5.98. The first kappa shape index (κ1) is 16.7. The molecular weight excluding hydrogens is 316 g/mol. The molecule has 128 valence electrons. The average molecular weight is 336 g/mol. The molecule has 0 saturated heterocycles. The van der Waals surface area contributed by atoms with E-state index in [9.17, 15) is 10.2 Å². The minimum Gasteiger partial charge on any atom is -0.508 e. The van der Waals surface area contributed by atoms with Gasteiger partial charge in [0.2, 0.25) is 0 Å². The summed E-state index contributed by atoms with van der Waals surface area (Å²) < 4.78 is 11.9. The topological polar surface area (TPSA) is 58.9 Å². The fourth-order valence-electron chi connectivity index (χ4n) is 2.45. The molecular formula is C21H20O4. The lowest BCUT2D eigenvalue weighted by atomic mass is 10.2. The average Bonchev–Trinajstić information content (AvgIpc) is 2.58. The Balaban J connectivity index is 1.86. The second-order valence-corrected chi connectivity index (χ2v) is 5.98. The van der Waals surface area contributed by atoms with Gasteiger partial charge in [-0.2, -0.15) is 0 Å². The van der Waals surface area contributed by atoms with Crippen molar-refractivity contribution in [2.45, 2.75) is 20.8 Å². The molecule has 4 heteroatoms. The quantitative estimate of drug-likeness (QED) is 0.650. The van der Waals surface area contributed by atoms with Gasteiger partial charge in [-0.1, -0.05) is 6.07 Å². The predicted molar refractivity (Wildman–Crippen MR) is 97.0 cm³/mol. The molecule has 0 unspecified atom stereocenters. The molecule has 0 heterocycles. The number of aryl methyl sites for hydroxylation is 2. The highest BCUT2D eigenvalue weighted by Gasteiger charge is 2.10. The highest BCUT2D eigenvalue weighted by molar-refractivity contribution is 5.49. The van der Waals surface area contributed by atoms with Crippen molar-refractivity contribution in [1.29, 1.82) is 0 Å². The number of benzene rings is 3. The smallest absolute Gasteiger partial charge is 0.134 e. The van der Waals surface area contributed by atoms with E-state index in [-0.39, 0.29) is 11.5 Å². The van der Waals surface area contributed by atoms with Crippen molar-refractivity contribution in [2.24, 2.45) is 0 Å². The van der Waals surface area contributed by atoms with Crippen molar-refractivity contribution in [1.82, 2.24) is 0 Å². The molecule has 0 saturated carbocycles. The van der Waals surface area contributed by atoms with Gasteiger partial charge < -0.3 is 19.7 Å². The number of rotatable bonds is 4. The van der Waals surface area contributed by atoms with Gasteiger partial charge in [-0.3, -0.25) is 0 Å². The van der Waals surface area contributed by atoms with Crippen molar-refractivity contribution >= 4 is 0 Å². The standard InChI is InChI=1S/C21H20O4/c1-13-11-16(7-9-18(13)22)24-20-5-4-6-21(15(20)3)25-17-8-10-19(23)14(2)12-17/h4-12,22-23H,1-3H3. The maximum atomic E-state index is 9.62. The van der Waals surface area contributed by atoms with E-state index in [1.165, 1.54) is 0 Å². The Morgan fingerprint density at radius 1 is 0.640 bits per heavy atom. The van der Waals surface area contributed by atoms with Gasteiger partial charge in [0.15, 0.2) is 0 Å². The third-order valence-corrected chi connectivity index (χ3v) is 4.03. The molecule has 4 nitrogen and oxygen atoms in total. The summed E-state index contributed by atoms with van der Waals surface area (Å²) in [5.74, 6) is 3.14. The minimum atomic E-state index is 0.240. The summed E-state index contributed by atoms with van der Waals surface area (Å²) in [7, 11) is 0. The van der Waals surface area contributed by atoms with Gasteiger partial charge in [0, 0.05) is 5.56 Å². The normalized spacial score (nSPS) is 10.5. The first-order chi connectivity index (χ1) is 11.9. The maximum absolute atomic E-state index is 9.62. The summed E-state index contributed by atoms with van der Waals surface area (Å²) in [6, 6.07) is 15.8. The van der Waals surface area contributed by atoms with Crippen molar-refractivity contribution < 1.29 is 19.7 Å². The van der Waals surface area contributed by atoms with Crippen LogP contribution in [-0.2, 0) is 0 Å². The number of hydrogen-bond acceptors (Lipinski definition) is 4. The van der Waals surface area contributed by atoms with Gasteiger partial charge in [-0.15, -0.1) is 0 Å². The van der Waals surface area contributed by atoms with Crippen LogP contribution in [0.4, 0.5) is 0 Å². The molecule has 0 amide bonds. The van der Waals surface area contributed by atoms with Crippen LogP contribution in [-0.4, -0.2) is 10.2 Å². The first-order valence-corrected chi connectivity index (χ1v) is 7.98. The van der Waals surface area contributed by atoms with E-state index < -0.39 is 0 Å². The van der Waals surface area contributed by atoms with Crippen LogP contribution in [0.15, 0.2) is 54.6 Å². The molecule has 0 aliphatic rings. The summed E-state index contributed by atoms with van der Waals surface area (Å²) in [6.07, 6.45) is 0. The number of ether oxygens (including phenoxy) is 2. The van der Waals surface area contributed by atoms with Gasteiger partial charge in [0.1, 0.15) is 34.5 Å². The Kier molecular flexibility index (Phi) is 4.52. The van der Waals surface area contributed by atoms with Crippen LogP contribution in [0.1, 0.15) is 16.7 Å². The van der Waals surface area contributed by atoms with E-state index in [0.717, 1.165) is 16.7 Å². The molecule has 0 spiro atoms. The Bertz CT molecular complexity index is 844. The van der Waals surface area contributed by atoms with Gasteiger partial charge in [0.05, 0.1) is 0 Å². The van der Waals surface area contributed by atoms with Gasteiger partial charge >= 0.3 is 0 Å². The van der Waals surface area contributed by atoms with Gasteiger partial charge in [0.25, 0.3) is 0 Å². The molecule has 3 rings (SSSR count). The number of phenols is 2. The van der Waals surface area contributed by atoms with Crippen molar-refractivity contribution in [3.8, 4) is 34.5 Å². The molecule has 0 aliphatic carbocycles. The van der Waals surface area contributed by atoms with Crippen LogP contribution in [0.3, 0.4) is 0 Å². The lowest BCUT2D eigenvalue weighted by Crippen LogP contribution is -1.93. The lowest BCUT2D eigenvalue weighted by molar-refractivity contribution is 0.445. The van der Waals surface area contributed by atoms with E-state index in [2.05, 4.69) is 0 Å². The first-order valence-electron chi connectivity index (χ1n) is 7.98. The lowest BCUT2D eigenvalue weighted by Gasteiger charge is -2.14. The summed E-state index contributed by atoms with van der Waals surface area (Å²) in [5.41, 5.74) is 2.36. The zero-order valence-corrected chi connectivity index (χ0v) is 14.4. The van der Waals surface area contributed by atoms with Crippen molar-refractivity contribution in [3.63, 3.8) is 0 Å². The second kappa shape index (κ2) is 6.77. The van der Waals surface area contributed by atoms with Crippen LogP contribution in [0.2, 0.25) is 0 Å². The number of hydrogen-bond donors (Lipinski definition) is 2. The summed E-state index contributed by atoms with van der Waals surface area (Å²) in [5, 5.41) is 19.2. The molecule has 0 fully saturated rings. The van der Waals surface area contributed by atoms with Crippen LogP contribution < -0.4 is 9.47 Å². The van der Waals surface area contributed by atoms with Gasteiger partial charge in [-0.25, -0.2) is 0 Å².